The lowest BCUT2D eigenvalue weighted by Crippen LogP contribution is -2.18. The van der Waals surface area contributed by atoms with E-state index in [1.165, 1.54) is 12.1 Å². The molecule has 72 valence electrons. The summed E-state index contributed by atoms with van der Waals surface area (Å²) in [5, 5.41) is 0. The van der Waals surface area contributed by atoms with Crippen molar-refractivity contribution in [2.75, 3.05) is 0 Å². The average molecular weight is 181 g/mol. The lowest BCUT2D eigenvalue weighted by molar-refractivity contribution is 0.455. The van der Waals surface area contributed by atoms with Crippen molar-refractivity contribution in [2.45, 2.75) is 26.3 Å². The summed E-state index contributed by atoms with van der Waals surface area (Å²) in [6.45, 7) is 4.17. The van der Waals surface area contributed by atoms with Crippen LogP contribution in [0.15, 0.2) is 24.3 Å². The number of hydrogen-bond acceptors (Lipinski definition) is 1. The monoisotopic (exact) mass is 181 g/mol. The molecule has 1 aromatic rings. The van der Waals surface area contributed by atoms with Gasteiger partial charge in [-0.05, 0) is 23.6 Å². The van der Waals surface area contributed by atoms with Crippen LogP contribution < -0.4 is 5.73 Å². The van der Waals surface area contributed by atoms with Crippen LogP contribution in [0.25, 0.3) is 0 Å². The Bertz CT molecular complexity index is 273. The van der Waals surface area contributed by atoms with Gasteiger partial charge in [0.2, 0.25) is 0 Å². The van der Waals surface area contributed by atoms with E-state index in [0.717, 1.165) is 12.0 Å². The van der Waals surface area contributed by atoms with Gasteiger partial charge in [-0.1, -0.05) is 32.4 Å². The molecular formula is C11H16FN. The summed E-state index contributed by atoms with van der Waals surface area (Å²) in [4.78, 5) is 0. The Kier molecular flexibility index (Phi) is 3.43. The molecule has 1 unspecified atom stereocenters. The predicted molar refractivity (Wildman–Crippen MR) is 52.8 cm³/mol. The van der Waals surface area contributed by atoms with Crippen molar-refractivity contribution in [3.63, 3.8) is 0 Å². The fourth-order valence-electron chi connectivity index (χ4n) is 1.30. The van der Waals surface area contributed by atoms with Gasteiger partial charge in [0.05, 0.1) is 0 Å². The highest BCUT2D eigenvalue weighted by Crippen LogP contribution is 2.21. The van der Waals surface area contributed by atoms with E-state index < -0.39 is 0 Å². The molecule has 0 fully saturated rings. The number of benzene rings is 1. The number of nitrogens with two attached hydrogens (primary N) is 1. The Morgan fingerprint density at radius 2 is 2.15 bits per heavy atom. The Morgan fingerprint density at radius 3 is 2.69 bits per heavy atom. The summed E-state index contributed by atoms with van der Waals surface area (Å²) >= 11 is 0. The zero-order valence-corrected chi connectivity index (χ0v) is 8.13. The van der Waals surface area contributed by atoms with E-state index in [-0.39, 0.29) is 11.9 Å². The quantitative estimate of drug-likeness (QED) is 0.762. The molecule has 0 saturated heterocycles. The van der Waals surface area contributed by atoms with E-state index in [2.05, 4.69) is 13.8 Å². The average Bonchev–Trinajstić information content (AvgIpc) is 2.15. The lowest BCUT2D eigenvalue weighted by atomic mass is 9.93. The normalized spacial score (nSPS) is 15.4. The first-order valence-electron chi connectivity index (χ1n) is 4.66. The van der Waals surface area contributed by atoms with Gasteiger partial charge in [0.1, 0.15) is 5.82 Å². The second kappa shape index (κ2) is 4.38. The molecular weight excluding hydrogens is 165 g/mol. The Hall–Kier alpha value is -0.890. The standard InChI is InChI=1S/C11H16FN/c1-3-8(2)11(13)9-5-4-6-10(12)7-9/h4-8,11H,3,13H2,1-2H3/t8?,11-/m1/s1. The van der Waals surface area contributed by atoms with Gasteiger partial charge in [-0.15, -0.1) is 0 Å². The summed E-state index contributed by atoms with van der Waals surface area (Å²) in [5.74, 6) is 0.179. The molecule has 1 aromatic carbocycles. The highest BCUT2D eigenvalue weighted by atomic mass is 19.1. The van der Waals surface area contributed by atoms with Crippen LogP contribution in [0.4, 0.5) is 4.39 Å². The molecule has 0 radical (unpaired) electrons. The van der Waals surface area contributed by atoms with Crippen LogP contribution in [-0.2, 0) is 0 Å². The van der Waals surface area contributed by atoms with Crippen LogP contribution in [0.3, 0.4) is 0 Å². The van der Waals surface area contributed by atoms with Gasteiger partial charge in [0.25, 0.3) is 0 Å². The van der Waals surface area contributed by atoms with E-state index in [4.69, 9.17) is 5.73 Å². The van der Waals surface area contributed by atoms with Crippen LogP contribution in [0.2, 0.25) is 0 Å². The van der Waals surface area contributed by atoms with E-state index >= 15 is 0 Å². The van der Waals surface area contributed by atoms with Crippen molar-refractivity contribution < 1.29 is 4.39 Å². The SMILES string of the molecule is CCC(C)[C@@H](N)c1cccc(F)c1. The van der Waals surface area contributed by atoms with Crippen molar-refractivity contribution in [1.29, 1.82) is 0 Å². The number of halogens is 1. The highest BCUT2D eigenvalue weighted by molar-refractivity contribution is 5.20. The fraction of sp³-hybridized carbons (Fsp3) is 0.455. The molecule has 2 N–H and O–H groups in total. The molecule has 0 saturated carbocycles. The summed E-state index contributed by atoms with van der Waals surface area (Å²) < 4.78 is 12.8. The minimum absolute atomic E-state index is 0.0549. The number of rotatable bonds is 3. The Morgan fingerprint density at radius 1 is 1.46 bits per heavy atom. The van der Waals surface area contributed by atoms with Gasteiger partial charge in [0.15, 0.2) is 0 Å². The van der Waals surface area contributed by atoms with Crippen LogP contribution in [0.1, 0.15) is 31.9 Å². The van der Waals surface area contributed by atoms with Crippen molar-refractivity contribution in [2.24, 2.45) is 11.7 Å². The van der Waals surface area contributed by atoms with E-state index in [0.29, 0.717) is 5.92 Å². The summed E-state index contributed by atoms with van der Waals surface area (Å²) in [5.41, 5.74) is 6.83. The molecule has 1 nitrogen and oxygen atoms in total. The first kappa shape index (κ1) is 10.2. The Labute approximate surface area is 78.8 Å². The minimum atomic E-state index is -0.212. The van der Waals surface area contributed by atoms with Crippen molar-refractivity contribution in [1.82, 2.24) is 0 Å². The predicted octanol–water partition coefficient (Wildman–Crippen LogP) is 2.87. The topological polar surface area (TPSA) is 26.0 Å². The zero-order valence-electron chi connectivity index (χ0n) is 8.13. The second-order valence-corrected chi connectivity index (χ2v) is 3.47. The second-order valence-electron chi connectivity index (χ2n) is 3.47. The van der Waals surface area contributed by atoms with Crippen LogP contribution >= 0.6 is 0 Å². The van der Waals surface area contributed by atoms with E-state index in [1.807, 2.05) is 6.07 Å². The lowest BCUT2D eigenvalue weighted by Gasteiger charge is -2.18. The molecule has 0 spiro atoms. The summed E-state index contributed by atoms with van der Waals surface area (Å²) in [6, 6.07) is 6.47. The molecule has 2 heteroatoms. The Balaban J connectivity index is 2.82. The van der Waals surface area contributed by atoms with Gasteiger partial charge in [-0.2, -0.15) is 0 Å². The molecule has 0 aliphatic rings. The maximum absolute atomic E-state index is 12.8. The largest absolute Gasteiger partial charge is 0.324 e. The minimum Gasteiger partial charge on any atom is -0.324 e. The molecule has 13 heavy (non-hydrogen) atoms. The van der Waals surface area contributed by atoms with Gasteiger partial charge in [-0.3, -0.25) is 0 Å². The third-order valence-electron chi connectivity index (χ3n) is 2.49. The first-order chi connectivity index (χ1) is 6.15. The fourth-order valence-corrected chi connectivity index (χ4v) is 1.30. The first-order valence-corrected chi connectivity index (χ1v) is 4.66. The van der Waals surface area contributed by atoms with E-state index in [9.17, 15) is 4.39 Å². The third-order valence-corrected chi connectivity index (χ3v) is 2.49. The van der Waals surface area contributed by atoms with Crippen molar-refractivity contribution in [3.05, 3.63) is 35.6 Å². The maximum atomic E-state index is 12.8. The van der Waals surface area contributed by atoms with Gasteiger partial charge in [0, 0.05) is 6.04 Å². The highest BCUT2D eigenvalue weighted by Gasteiger charge is 2.12. The zero-order chi connectivity index (χ0) is 9.84. The molecule has 0 aromatic heterocycles. The molecule has 0 aliphatic heterocycles. The van der Waals surface area contributed by atoms with Crippen LogP contribution in [0.5, 0.6) is 0 Å². The van der Waals surface area contributed by atoms with Gasteiger partial charge in [-0.25, -0.2) is 4.39 Å². The van der Waals surface area contributed by atoms with Gasteiger partial charge >= 0.3 is 0 Å². The van der Waals surface area contributed by atoms with Crippen molar-refractivity contribution in [3.8, 4) is 0 Å². The smallest absolute Gasteiger partial charge is 0.123 e. The molecule has 0 amide bonds. The maximum Gasteiger partial charge on any atom is 0.123 e. The summed E-state index contributed by atoms with van der Waals surface area (Å²) in [7, 11) is 0. The molecule has 0 aliphatic carbocycles. The number of hydrogen-bond donors (Lipinski definition) is 1. The van der Waals surface area contributed by atoms with E-state index in [1.54, 1.807) is 6.07 Å². The molecule has 0 bridgehead atoms. The molecule has 1 rings (SSSR count). The third kappa shape index (κ3) is 2.52. The molecule has 2 atom stereocenters. The van der Waals surface area contributed by atoms with Crippen LogP contribution in [-0.4, -0.2) is 0 Å². The summed E-state index contributed by atoms with van der Waals surface area (Å²) in [6.07, 6.45) is 1.01. The van der Waals surface area contributed by atoms with Crippen molar-refractivity contribution >= 4 is 0 Å². The van der Waals surface area contributed by atoms with Gasteiger partial charge < -0.3 is 5.73 Å². The molecule has 0 heterocycles. The van der Waals surface area contributed by atoms with Crippen LogP contribution in [0, 0.1) is 11.7 Å².